The average molecular weight is 391 g/mol. The van der Waals surface area contributed by atoms with Crippen molar-refractivity contribution in [3.8, 4) is 0 Å². The lowest BCUT2D eigenvalue weighted by atomic mass is 10.1. The Kier molecular flexibility index (Phi) is 4.88. The third-order valence-electron chi connectivity index (χ3n) is 5.34. The van der Waals surface area contributed by atoms with Gasteiger partial charge >= 0.3 is 0 Å². The maximum absolute atomic E-state index is 12.7. The van der Waals surface area contributed by atoms with Crippen LogP contribution in [0.15, 0.2) is 48.5 Å². The number of hydrogen-bond acceptors (Lipinski definition) is 4. The molecule has 7 nitrogen and oxygen atoms in total. The first-order chi connectivity index (χ1) is 14.0. The number of fused-ring (bicyclic) bond motifs is 2. The summed E-state index contributed by atoms with van der Waals surface area (Å²) < 4.78 is 0. The van der Waals surface area contributed by atoms with Crippen LogP contribution in [0.1, 0.15) is 39.6 Å². The van der Waals surface area contributed by atoms with Crippen molar-refractivity contribution >= 4 is 29.3 Å². The van der Waals surface area contributed by atoms with E-state index < -0.39 is 17.9 Å². The van der Waals surface area contributed by atoms with Crippen LogP contribution in [-0.2, 0) is 16.0 Å². The van der Waals surface area contributed by atoms with Crippen LogP contribution in [0.25, 0.3) is 0 Å². The number of anilines is 1. The monoisotopic (exact) mass is 391 g/mol. The number of nitrogens with one attached hydrogen (secondary N) is 1. The number of carbonyl (C=O) groups is 4. The second kappa shape index (κ2) is 7.50. The molecule has 1 N–H and O–H groups in total. The molecule has 0 unspecified atom stereocenters. The number of benzene rings is 2. The molecule has 0 radical (unpaired) electrons. The maximum Gasteiger partial charge on any atom is 0.261 e. The van der Waals surface area contributed by atoms with Crippen molar-refractivity contribution in [1.82, 2.24) is 10.2 Å². The van der Waals surface area contributed by atoms with Crippen molar-refractivity contribution in [2.45, 2.75) is 25.8 Å². The largest absolute Gasteiger partial charge is 0.345 e. The van der Waals surface area contributed by atoms with Crippen LogP contribution in [0.3, 0.4) is 0 Å². The zero-order valence-corrected chi connectivity index (χ0v) is 16.1. The summed E-state index contributed by atoms with van der Waals surface area (Å²) in [5.74, 6) is -1.34. The van der Waals surface area contributed by atoms with E-state index in [1.54, 1.807) is 36.1 Å². The molecule has 1 atom stereocenters. The van der Waals surface area contributed by atoms with E-state index in [2.05, 4.69) is 5.32 Å². The lowest BCUT2D eigenvalue weighted by Gasteiger charge is -2.22. The molecule has 0 aliphatic carbocycles. The Morgan fingerprint density at radius 1 is 1.00 bits per heavy atom. The van der Waals surface area contributed by atoms with Gasteiger partial charge in [0, 0.05) is 25.2 Å². The van der Waals surface area contributed by atoms with Gasteiger partial charge in [-0.15, -0.1) is 0 Å². The summed E-state index contributed by atoms with van der Waals surface area (Å²) in [6.07, 6.45) is 0.738. The van der Waals surface area contributed by atoms with E-state index in [4.69, 9.17) is 0 Å². The van der Waals surface area contributed by atoms with Crippen molar-refractivity contribution in [2.75, 3.05) is 18.0 Å². The fourth-order valence-electron chi connectivity index (χ4n) is 3.83. The number of hydrogen-bond donors (Lipinski definition) is 1. The van der Waals surface area contributed by atoms with Crippen LogP contribution in [0.2, 0.25) is 0 Å². The van der Waals surface area contributed by atoms with Gasteiger partial charge in [-0.25, -0.2) is 0 Å². The third-order valence-corrected chi connectivity index (χ3v) is 5.34. The number of para-hydroxylation sites is 1. The Balaban J connectivity index is 1.33. The van der Waals surface area contributed by atoms with Crippen LogP contribution in [0, 0.1) is 0 Å². The smallest absolute Gasteiger partial charge is 0.261 e. The van der Waals surface area contributed by atoms with Crippen molar-refractivity contribution in [3.63, 3.8) is 0 Å². The predicted molar refractivity (Wildman–Crippen MR) is 107 cm³/mol. The molecule has 2 aromatic rings. The van der Waals surface area contributed by atoms with Gasteiger partial charge in [-0.2, -0.15) is 0 Å². The molecule has 0 spiro atoms. The molecule has 0 fully saturated rings. The van der Waals surface area contributed by atoms with Crippen LogP contribution in [-0.4, -0.2) is 47.7 Å². The molecule has 4 rings (SSSR count). The second-order valence-electron chi connectivity index (χ2n) is 7.22. The van der Waals surface area contributed by atoms with E-state index in [0.717, 1.165) is 22.6 Å². The summed E-state index contributed by atoms with van der Waals surface area (Å²) in [5, 5.41) is 2.68. The molecule has 0 saturated heterocycles. The van der Waals surface area contributed by atoms with Gasteiger partial charge in [0.15, 0.2) is 0 Å². The van der Waals surface area contributed by atoms with Crippen LogP contribution in [0.5, 0.6) is 0 Å². The summed E-state index contributed by atoms with van der Waals surface area (Å²) in [7, 11) is 0. The molecular formula is C22H21N3O4. The van der Waals surface area contributed by atoms with E-state index in [1.165, 1.54) is 0 Å². The van der Waals surface area contributed by atoms with Gasteiger partial charge in [0.05, 0.1) is 11.1 Å². The molecule has 0 saturated carbocycles. The minimum Gasteiger partial charge on any atom is -0.345 e. The summed E-state index contributed by atoms with van der Waals surface area (Å²) in [5.41, 5.74) is 2.71. The van der Waals surface area contributed by atoms with Gasteiger partial charge in [0.1, 0.15) is 6.04 Å². The third kappa shape index (κ3) is 3.40. The first-order valence-electron chi connectivity index (χ1n) is 9.61. The quantitative estimate of drug-likeness (QED) is 0.787. The van der Waals surface area contributed by atoms with Crippen LogP contribution in [0.4, 0.5) is 5.69 Å². The summed E-state index contributed by atoms with van der Waals surface area (Å²) >= 11 is 0. The van der Waals surface area contributed by atoms with Gasteiger partial charge in [0.2, 0.25) is 11.8 Å². The minimum atomic E-state index is -0.698. The number of imide groups is 1. The number of rotatable bonds is 5. The molecule has 0 aromatic heterocycles. The SMILES string of the molecule is C[C@H](NC(=O)CCN1C(=O)c2ccccc2C1=O)C(=O)N1CCc2ccccc21. The fourth-order valence-corrected chi connectivity index (χ4v) is 3.83. The summed E-state index contributed by atoms with van der Waals surface area (Å²) in [6, 6.07) is 13.6. The highest BCUT2D eigenvalue weighted by atomic mass is 16.2. The molecule has 2 aromatic carbocycles. The highest BCUT2D eigenvalue weighted by Gasteiger charge is 2.35. The number of carbonyl (C=O) groups excluding carboxylic acids is 4. The first kappa shape index (κ1) is 18.9. The zero-order valence-electron chi connectivity index (χ0n) is 16.1. The van der Waals surface area contributed by atoms with Crippen LogP contribution >= 0.6 is 0 Å². The molecule has 4 amide bonds. The normalized spacial score (nSPS) is 15.9. The molecule has 2 aliphatic heterocycles. The lowest BCUT2D eigenvalue weighted by molar-refractivity contribution is -0.127. The van der Waals surface area contributed by atoms with Gasteiger partial charge in [-0.1, -0.05) is 30.3 Å². The Hall–Kier alpha value is -3.48. The molecular weight excluding hydrogens is 370 g/mol. The molecule has 2 heterocycles. The van der Waals surface area contributed by atoms with E-state index in [1.807, 2.05) is 24.3 Å². The second-order valence-corrected chi connectivity index (χ2v) is 7.22. The highest BCUT2D eigenvalue weighted by Crippen LogP contribution is 2.28. The average Bonchev–Trinajstić information content (AvgIpc) is 3.26. The molecule has 148 valence electrons. The summed E-state index contributed by atoms with van der Waals surface area (Å²) in [6.45, 7) is 2.21. The van der Waals surface area contributed by atoms with E-state index in [9.17, 15) is 19.2 Å². The zero-order chi connectivity index (χ0) is 20.5. The lowest BCUT2D eigenvalue weighted by Crippen LogP contribution is -2.47. The van der Waals surface area contributed by atoms with E-state index >= 15 is 0 Å². The van der Waals surface area contributed by atoms with Gasteiger partial charge in [-0.3, -0.25) is 24.1 Å². The number of nitrogens with zero attached hydrogens (tertiary/aromatic N) is 2. The molecule has 2 aliphatic rings. The molecule has 7 heteroatoms. The topological polar surface area (TPSA) is 86.8 Å². The standard InChI is InChI=1S/C22H21N3O4/c1-14(20(27)24-12-10-15-6-2-5-9-18(15)24)23-19(26)11-13-25-21(28)16-7-3-4-8-17(16)22(25)29/h2-9,14H,10-13H2,1H3,(H,23,26)/t14-/m0/s1. The van der Waals surface area contributed by atoms with Crippen molar-refractivity contribution < 1.29 is 19.2 Å². The van der Waals surface area contributed by atoms with Crippen molar-refractivity contribution in [2.24, 2.45) is 0 Å². The van der Waals surface area contributed by atoms with Gasteiger partial charge in [-0.05, 0) is 37.1 Å². The Morgan fingerprint density at radius 2 is 1.62 bits per heavy atom. The van der Waals surface area contributed by atoms with Gasteiger partial charge < -0.3 is 10.2 Å². The Labute approximate surface area is 168 Å². The Bertz CT molecular complexity index is 982. The minimum absolute atomic E-state index is 0.0222. The molecule has 29 heavy (non-hydrogen) atoms. The highest BCUT2D eigenvalue weighted by molar-refractivity contribution is 6.21. The van der Waals surface area contributed by atoms with Crippen LogP contribution < -0.4 is 10.2 Å². The van der Waals surface area contributed by atoms with E-state index in [0.29, 0.717) is 17.7 Å². The van der Waals surface area contributed by atoms with Gasteiger partial charge in [0.25, 0.3) is 11.8 Å². The first-order valence-corrected chi connectivity index (χ1v) is 9.61. The molecule has 0 bridgehead atoms. The van der Waals surface area contributed by atoms with E-state index in [-0.39, 0.29) is 24.8 Å². The summed E-state index contributed by atoms with van der Waals surface area (Å²) in [4.78, 5) is 52.5. The fraction of sp³-hybridized carbons (Fsp3) is 0.273. The van der Waals surface area contributed by atoms with Crippen molar-refractivity contribution in [1.29, 1.82) is 0 Å². The Morgan fingerprint density at radius 3 is 2.31 bits per heavy atom. The number of amides is 4. The predicted octanol–water partition coefficient (Wildman–Crippen LogP) is 1.77. The van der Waals surface area contributed by atoms with Crippen molar-refractivity contribution in [3.05, 3.63) is 65.2 Å². The maximum atomic E-state index is 12.7.